The van der Waals surface area contributed by atoms with Gasteiger partial charge >= 0.3 is 11.6 Å². The molecule has 0 amide bonds. The number of hydrogen-bond donors (Lipinski definition) is 0. The molecule has 30 heavy (non-hydrogen) atoms. The van der Waals surface area contributed by atoms with Crippen LogP contribution in [0.2, 0.25) is 0 Å². The Hall–Kier alpha value is -3.71. The van der Waals surface area contributed by atoms with E-state index in [9.17, 15) is 9.59 Å². The maximum absolute atomic E-state index is 12.1. The van der Waals surface area contributed by atoms with Gasteiger partial charge in [-0.15, -0.1) is 11.3 Å². The summed E-state index contributed by atoms with van der Waals surface area (Å²) in [5.74, 6) is 0.430. The van der Waals surface area contributed by atoms with Gasteiger partial charge in [0.05, 0.1) is 10.7 Å². The van der Waals surface area contributed by atoms with Gasteiger partial charge in [-0.05, 0) is 48.9 Å². The molecule has 0 aliphatic heterocycles. The number of aryl methyl sites for hydroxylation is 1. The van der Waals surface area contributed by atoms with Crippen LogP contribution in [0, 0.1) is 6.92 Å². The molecule has 4 rings (SSSR count). The molecule has 4 aromatic rings. The minimum atomic E-state index is -0.545. The highest BCUT2D eigenvalue weighted by molar-refractivity contribution is 7.09. The highest BCUT2D eigenvalue weighted by atomic mass is 32.1. The van der Waals surface area contributed by atoms with Crippen molar-refractivity contribution >= 4 is 34.4 Å². The molecule has 2 aromatic heterocycles. The fourth-order valence-corrected chi connectivity index (χ4v) is 3.36. The van der Waals surface area contributed by atoms with E-state index in [4.69, 9.17) is 13.9 Å². The molecule has 0 spiro atoms. The second kappa shape index (κ2) is 8.75. The number of thiazole rings is 1. The predicted octanol–water partition coefficient (Wildman–Crippen LogP) is 4.76. The summed E-state index contributed by atoms with van der Waals surface area (Å²) >= 11 is 1.58. The lowest BCUT2D eigenvalue weighted by Crippen LogP contribution is -2.04. The molecule has 0 saturated heterocycles. The second-order valence-corrected chi connectivity index (χ2v) is 7.49. The van der Waals surface area contributed by atoms with E-state index in [1.165, 1.54) is 18.2 Å². The van der Waals surface area contributed by atoms with E-state index in [0.29, 0.717) is 23.7 Å². The number of rotatable bonds is 6. The minimum Gasteiger partial charge on any atom is -0.487 e. The smallest absolute Gasteiger partial charge is 0.336 e. The zero-order valence-electron chi connectivity index (χ0n) is 16.0. The molecular weight excluding hydrogens is 402 g/mol. The van der Waals surface area contributed by atoms with Crippen LogP contribution in [0.5, 0.6) is 11.5 Å². The normalized spacial score (nSPS) is 11.1. The van der Waals surface area contributed by atoms with Gasteiger partial charge in [0, 0.05) is 29.0 Å². The van der Waals surface area contributed by atoms with Gasteiger partial charge in [0.15, 0.2) is 0 Å². The van der Waals surface area contributed by atoms with Gasteiger partial charge in [-0.1, -0.05) is 12.1 Å². The lowest BCUT2D eigenvalue weighted by molar-refractivity contribution is -0.128. The van der Waals surface area contributed by atoms with Crippen LogP contribution in [0.1, 0.15) is 16.3 Å². The van der Waals surface area contributed by atoms with Crippen LogP contribution in [0.15, 0.2) is 75.3 Å². The van der Waals surface area contributed by atoms with Gasteiger partial charge in [0.25, 0.3) is 0 Å². The largest absolute Gasteiger partial charge is 0.487 e. The van der Waals surface area contributed by atoms with Crippen LogP contribution in [0.4, 0.5) is 0 Å². The number of ether oxygens (including phenoxy) is 2. The topological polar surface area (TPSA) is 78.6 Å². The number of carbonyl (C=O) groups is 1. The first-order valence-corrected chi connectivity index (χ1v) is 10.0. The monoisotopic (exact) mass is 419 g/mol. The number of carbonyl (C=O) groups excluding carboxylic acids is 1. The lowest BCUT2D eigenvalue weighted by atomic mass is 10.2. The molecule has 0 unspecified atom stereocenters. The fourth-order valence-electron chi connectivity index (χ4n) is 2.76. The van der Waals surface area contributed by atoms with Gasteiger partial charge < -0.3 is 13.9 Å². The molecule has 0 fully saturated rings. The van der Waals surface area contributed by atoms with Crippen LogP contribution >= 0.6 is 11.3 Å². The molecule has 7 heteroatoms. The number of nitrogens with zero attached hydrogens (tertiary/aromatic N) is 1. The summed E-state index contributed by atoms with van der Waals surface area (Å²) in [4.78, 5) is 27.8. The molecule has 0 saturated carbocycles. The van der Waals surface area contributed by atoms with E-state index >= 15 is 0 Å². The molecule has 2 aromatic carbocycles. The van der Waals surface area contributed by atoms with E-state index < -0.39 is 11.6 Å². The van der Waals surface area contributed by atoms with Crippen molar-refractivity contribution in [2.24, 2.45) is 0 Å². The van der Waals surface area contributed by atoms with Gasteiger partial charge in [-0.3, -0.25) is 0 Å². The van der Waals surface area contributed by atoms with E-state index in [2.05, 4.69) is 4.98 Å². The molecule has 2 heterocycles. The molecule has 0 aliphatic carbocycles. The fraction of sp³-hybridized carbons (Fsp3) is 0.0870. The maximum atomic E-state index is 12.1. The number of hydrogen-bond acceptors (Lipinski definition) is 7. The molecule has 0 bridgehead atoms. The summed E-state index contributed by atoms with van der Waals surface area (Å²) in [6, 6.07) is 15.2. The third-order valence-corrected chi connectivity index (χ3v) is 4.96. The molecular formula is C23H17NO5S. The third-order valence-electron chi connectivity index (χ3n) is 4.14. The average molecular weight is 419 g/mol. The van der Waals surface area contributed by atoms with Crippen molar-refractivity contribution in [2.45, 2.75) is 13.5 Å². The van der Waals surface area contributed by atoms with E-state index in [0.717, 1.165) is 21.7 Å². The Morgan fingerprint density at radius 2 is 2.00 bits per heavy atom. The summed E-state index contributed by atoms with van der Waals surface area (Å²) in [5, 5.41) is 3.71. The first-order chi connectivity index (χ1) is 14.5. The molecule has 6 nitrogen and oxygen atoms in total. The molecule has 0 radical (unpaired) electrons. The summed E-state index contributed by atoms with van der Waals surface area (Å²) in [6.07, 6.45) is 2.97. The second-order valence-electron chi connectivity index (χ2n) is 6.43. The average Bonchev–Trinajstić information content (AvgIpc) is 3.16. The zero-order valence-corrected chi connectivity index (χ0v) is 16.8. The van der Waals surface area contributed by atoms with Crippen molar-refractivity contribution < 1.29 is 18.7 Å². The van der Waals surface area contributed by atoms with Crippen molar-refractivity contribution in [3.8, 4) is 11.5 Å². The van der Waals surface area contributed by atoms with Crippen molar-refractivity contribution in [2.75, 3.05) is 0 Å². The summed E-state index contributed by atoms with van der Waals surface area (Å²) in [6.45, 7) is 2.34. The van der Waals surface area contributed by atoms with Crippen LogP contribution in [0.25, 0.3) is 17.0 Å². The Morgan fingerprint density at radius 1 is 1.13 bits per heavy atom. The van der Waals surface area contributed by atoms with Gasteiger partial charge in [-0.25, -0.2) is 14.6 Å². The zero-order chi connectivity index (χ0) is 20.9. The maximum Gasteiger partial charge on any atom is 0.336 e. The van der Waals surface area contributed by atoms with Crippen molar-refractivity contribution in [1.82, 2.24) is 4.98 Å². The quantitative estimate of drug-likeness (QED) is 0.194. The van der Waals surface area contributed by atoms with Crippen LogP contribution < -0.4 is 15.1 Å². The first kappa shape index (κ1) is 19.6. The Balaban J connectivity index is 1.39. The van der Waals surface area contributed by atoms with Crippen LogP contribution in [-0.2, 0) is 11.4 Å². The molecule has 0 N–H and O–H groups in total. The van der Waals surface area contributed by atoms with Crippen LogP contribution in [0.3, 0.4) is 0 Å². The summed E-state index contributed by atoms with van der Waals surface area (Å²) < 4.78 is 16.2. The van der Waals surface area contributed by atoms with E-state index in [1.54, 1.807) is 35.6 Å². The first-order valence-electron chi connectivity index (χ1n) is 9.13. The van der Waals surface area contributed by atoms with Gasteiger partial charge in [0.1, 0.15) is 23.7 Å². The highest BCUT2D eigenvalue weighted by Gasteiger charge is 2.05. The number of benzene rings is 2. The molecule has 150 valence electrons. The van der Waals surface area contributed by atoms with Crippen molar-refractivity contribution in [3.05, 3.63) is 92.7 Å². The number of aromatic nitrogens is 1. The number of esters is 1. The highest BCUT2D eigenvalue weighted by Crippen LogP contribution is 2.20. The molecule has 0 aliphatic rings. The predicted molar refractivity (Wildman–Crippen MR) is 115 cm³/mol. The summed E-state index contributed by atoms with van der Waals surface area (Å²) in [5.41, 5.74) is 1.58. The van der Waals surface area contributed by atoms with Crippen molar-refractivity contribution in [1.29, 1.82) is 0 Å². The van der Waals surface area contributed by atoms with E-state index in [-0.39, 0.29) is 0 Å². The third kappa shape index (κ3) is 5.01. The van der Waals surface area contributed by atoms with Crippen molar-refractivity contribution in [3.63, 3.8) is 0 Å². The lowest BCUT2D eigenvalue weighted by Gasteiger charge is -2.05. The Morgan fingerprint density at radius 3 is 2.83 bits per heavy atom. The van der Waals surface area contributed by atoms with Gasteiger partial charge in [0.2, 0.25) is 0 Å². The van der Waals surface area contributed by atoms with Crippen LogP contribution in [-0.4, -0.2) is 11.0 Å². The minimum absolute atomic E-state index is 0.294. The van der Waals surface area contributed by atoms with E-state index in [1.807, 2.05) is 36.6 Å². The Bertz CT molecular complexity index is 1290. The standard InChI is InChI=1S/C23H17NO5S/c1-15-24-18(14-30-15)13-27-19-4-2-3-16(11-19)5-9-22(25)28-20-8-6-17-7-10-23(26)29-21(17)12-20/h2-12,14H,13H2,1H3/b9-5+. The van der Waals surface area contributed by atoms with Gasteiger partial charge in [-0.2, -0.15) is 0 Å². The number of fused-ring (bicyclic) bond motifs is 1. The Kier molecular flexibility index (Phi) is 5.72. The Labute approximate surface area is 176 Å². The SMILES string of the molecule is Cc1nc(COc2cccc(/C=C/C(=O)Oc3ccc4ccc(=O)oc4c3)c2)cs1. The summed E-state index contributed by atoms with van der Waals surface area (Å²) in [7, 11) is 0. The molecule has 0 atom stereocenters.